The second-order valence-corrected chi connectivity index (χ2v) is 10.1. The second kappa shape index (κ2) is 9.31. The molecule has 1 saturated heterocycles. The lowest BCUT2D eigenvalue weighted by Crippen LogP contribution is -2.36. The van der Waals surface area contributed by atoms with Crippen LogP contribution in [0.1, 0.15) is 19.4 Å². The summed E-state index contributed by atoms with van der Waals surface area (Å²) in [5.74, 6) is 0.637. The lowest BCUT2D eigenvalue weighted by Gasteiger charge is -2.25. The van der Waals surface area contributed by atoms with Crippen LogP contribution < -0.4 is 24.2 Å². The third kappa shape index (κ3) is 3.94. The van der Waals surface area contributed by atoms with Crippen molar-refractivity contribution in [3.8, 4) is 0 Å². The first kappa shape index (κ1) is 23.3. The van der Waals surface area contributed by atoms with Crippen molar-refractivity contribution in [1.82, 2.24) is 9.47 Å². The first-order chi connectivity index (χ1) is 16.9. The number of likely N-dealkylation sites (N-methyl/N-ethyl adjacent to an activating group) is 1. The minimum Gasteiger partial charge on any atom is -0.343 e. The summed E-state index contributed by atoms with van der Waals surface area (Å²) in [5.41, 5.74) is 2.90. The van der Waals surface area contributed by atoms with Crippen LogP contribution >= 0.6 is 23.1 Å². The van der Waals surface area contributed by atoms with Gasteiger partial charge in [-0.1, -0.05) is 30.3 Å². The lowest BCUT2D eigenvalue weighted by atomic mass is 10.1. The van der Waals surface area contributed by atoms with E-state index in [1.165, 1.54) is 23.1 Å². The highest BCUT2D eigenvalue weighted by molar-refractivity contribution is 8.23. The third-order valence-electron chi connectivity index (χ3n) is 6.12. The highest BCUT2D eigenvalue weighted by atomic mass is 32.2. The second-order valence-electron chi connectivity index (χ2n) is 8.17. The largest absolute Gasteiger partial charge is 0.343 e. The molecule has 2 aromatic heterocycles. The van der Waals surface area contributed by atoms with Gasteiger partial charge in [-0.15, -0.1) is 11.3 Å². The number of aromatic nitrogens is 2. The van der Waals surface area contributed by atoms with Gasteiger partial charge in [0.1, 0.15) is 14.1 Å². The van der Waals surface area contributed by atoms with Gasteiger partial charge in [0.05, 0.1) is 18.9 Å². The highest BCUT2D eigenvalue weighted by Gasteiger charge is 2.38. The zero-order valence-corrected chi connectivity index (χ0v) is 21.7. The van der Waals surface area contributed by atoms with Gasteiger partial charge in [0.25, 0.3) is 16.6 Å². The summed E-state index contributed by atoms with van der Waals surface area (Å²) in [4.78, 5) is 36.0. The number of fused-ring (bicyclic) bond motifs is 1. The summed E-state index contributed by atoms with van der Waals surface area (Å²) in [6, 6.07) is 13.9. The number of aliphatic imine (C=N–C) groups is 1. The molecule has 35 heavy (non-hydrogen) atoms. The number of aryl methyl sites for hydroxylation is 1. The van der Waals surface area contributed by atoms with E-state index in [0.717, 1.165) is 22.8 Å². The van der Waals surface area contributed by atoms with Gasteiger partial charge in [-0.2, -0.15) is 0 Å². The average Bonchev–Trinajstić information content (AvgIpc) is 3.36. The maximum Gasteiger partial charge on any atom is 0.326 e. The summed E-state index contributed by atoms with van der Waals surface area (Å²) in [6.45, 7) is 4.84. The standard InChI is InChI=1S/C26H26N5O2S2/c1-5-30-23(32)21(19-15-14-17-11-7-8-12-18(17)29(19)4)34-25(30)22-24(33)31(6-2)26(35-22)27-20-13-9-10-16-28(20)3/h7-16H,5-6H2,1-4H3/q+1/b21-19-,25-22-. The van der Waals surface area contributed by atoms with Crippen molar-refractivity contribution in [3.05, 3.63) is 79.8 Å². The number of amides is 1. The Morgan fingerprint density at radius 1 is 1.00 bits per heavy atom. The van der Waals surface area contributed by atoms with E-state index in [0.29, 0.717) is 32.4 Å². The van der Waals surface area contributed by atoms with Gasteiger partial charge in [0.2, 0.25) is 0 Å². The minimum absolute atomic E-state index is 0.0813. The Bertz CT molecular complexity index is 1580. The molecular formula is C26H26N5O2S2+. The van der Waals surface area contributed by atoms with Crippen molar-refractivity contribution in [2.45, 2.75) is 20.4 Å². The number of carbonyl (C=O) groups is 1. The molecule has 9 heteroatoms. The number of rotatable bonds is 3. The Labute approximate surface area is 211 Å². The molecule has 4 heterocycles. The number of benzene rings is 1. The Hall–Kier alpha value is -3.43. The fourth-order valence-electron chi connectivity index (χ4n) is 4.23. The average molecular weight is 505 g/mol. The Balaban J connectivity index is 1.71. The third-order valence-corrected chi connectivity index (χ3v) is 8.53. The van der Waals surface area contributed by atoms with E-state index in [1.54, 1.807) is 9.47 Å². The molecule has 0 bridgehead atoms. The van der Waals surface area contributed by atoms with Crippen molar-refractivity contribution >= 4 is 62.4 Å². The number of para-hydroxylation sites is 1. The highest BCUT2D eigenvalue weighted by Crippen LogP contribution is 2.33. The molecule has 0 unspecified atom stereocenters. The quantitative estimate of drug-likeness (QED) is 0.514. The SMILES string of the molecule is CCN1C(=O)/C(=c2/s/c(=C3/C=Cc4ccccc4N3C)c(=O)n2CC)S/C1=N\c1cccc[n+]1C. The van der Waals surface area contributed by atoms with Crippen LogP contribution in [0.2, 0.25) is 0 Å². The van der Waals surface area contributed by atoms with Crippen LogP contribution in [-0.2, 0) is 18.4 Å². The predicted octanol–water partition coefficient (Wildman–Crippen LogP) is 2.42. The van der Waals surface area contributed by atoms with Gasteiger partial charge in [0.15, 0.2) is 0 Å². The predicted molar refractivity (Wildman–Crippen MR) is 144 cm³/mol. The van der Waals surface area contributed by atoms with Crippen molar-refractivity contribution in [2.24, 2.45) is 12.0 Å². The van der Waals surface area contributed by atoms with Crippen LogP contribution in [0.4, 0.5) is 11.5 Å². The molecule has 0 atom stereocenters. The number of hydrogen-bond donors (Lipinski definition) is 0. The van der Waals surface area contributed by atoms with Crippen molar-refractivity contribution < 1.29 is 9.36 Å². The first-order valence-electron chi connectivity index (χ1n) is 11.5. The number of pyridine rings is 1. The number of anilines is 1. The first-order valence-corrected chi connectivity index (χ1v) is 13.1. The van der Waals surface area contributed by atoms with Crippen LogP contribution in [0, 0.1) is 0 Å². The zero-order valence-electron chi connectivity index (χ0n) is 20.1. The Morgan fingerprint density at radius 2 is 1.77 bits per heavy atom. The molecule has 178 valence electrons. The van der Waals surface area contributed by atoms with Crippen LogP contribution in [-0.4, -0.2) is 34.1 Å². The summed E-state index contributed by atoms with van der Waals surface area (Å²) < 4.78 is 4.92. The number of carbonyl (C=O) groups excluding carboxylic acids is 1. The van der Waals surface area contributed by atoms with Crippen LogP contribution in [0.3, 0.4) is 0 Å². The van der Waals surface area contributed by atoms with E-state index in [4.69, 9.17) is 4.99 Å². The van der Waals surface area contributed by atoms with Crippen molar-refractivity contribution in [3.63, 3.8) is 0 Å². The summed E-state index contributed by atoms with van der Waals surface area (Å²) in [7, 11) is 3.89. The molecule has 0 N–H and O–H groups in total. The molecule has 1 aromatic carbocycles. The smallest absolute Gasteiger partial charge is 0.326 e. The fourth-order valence-corrected chi connectivity index (χ4v) is 6.72. The number of thioether (sulfide) groups is 1. The molecule has 0 aliphatic carbocycles. The van der Waals surface area contributed by atoms with Gasteiger partial charge in [-0.3, -0.25) is 19.1 Å². The van der Waals surface area contributed by atoms with E-state index in [2.05, 4.69) is 6.07 Å². The molecule has 1 amide bonds. The van der Waals surface area contributed by atoms with Crippen LogP contribution in [0.5, 0.6) is 0 Å². The topological polar surface area (TPSA) is 61.8 Å². The van der Waals surface area contributed by atoms with Crippen molar-refractivity contribution in [2.75, 3.05) is 18.5 Å². The maximum absolute atomic E-state index is 13.5. The molecule has 7 nitrogen and oxygen atoms in total. The number of amidine groups is 1. The molecule has 0 radical (unpaired) electrons. The van der Waals surface area contributed by atoms with Crippen molar-refractivity contribution in [1.29, 1.82) is 0 Å². The normalized spacial score (nSPS) is 19.7. The number of thiazole rings is 1. The summed E-state index contributed by atoms with van der Waals surface area (Å²) >= 11 is 2.71. The maximum atomic E-state index is 13.5. The Morgan fingerprint density at radius 3 is 2.51 bits per heavy atom. The molecule has 0 saturated carbocycles. The minimum atomic E-state index is -0.118. The molecule has 5 rings (SSSR count). The monoisotopic (exact) mass is 504 g/mol. The molecule has 2 aliphatic rings. The van der Waals surface area contributed by atoms with E-state index in [1.807, 2.05) is 92.2 Å². The number of hydrogen-bond acceptors (Lipinski definition) is 6. The Kier molecular flexibility index (Phi) is 6.21. The zero-order chi connectivity index (χ0) is 24.7. The summed E-state index contributed by atoms with van der Waals surface area (Å²) in [5, 5.41) is 0.621. The molecule has 1 fully saturated rings. The molecule has 3 aromatic rings. The van der Waals surface area contributed by atoms with E-state index in [-0.39, 0.29) is 11.5 Å². The van der Waals surface area contributed by atoms with Gasteiger partial charge in [-0.25, -0.2) is 4.57 Å². The molecular weight excluding hydrogens is 478 g/mol. The lowest BCUT2D eigenvalue weighted by molar-refractivity contribution is -0.658. The van der Waals surface area contributed by atoms with Gasteiger partial charge < -0.3 is 4.90 Å². The molecule has 0 spiro atoms. The van der Waals surface area contributed by atoms with Gasteiger partial charge in [0, 0.05) is 31.9 Å². The van der Waals surface area contributed by atoms with Gasteiger partial charge in [-0.05, 0) is 54.4 Å². The number of nitrogens with zero attached hydrogens (tertiary/aromatic N) is 5. The van der Waals surface area contributed by atoms with E-state index >= 15 is 0 Å². The summed E-state index contributed by atoms with van der Waals surface area (Å²) in [6.07, 6.45) is 5.94. The van der Waals surface area contributed by atoms with Crippen LogP contribution in [0.25, 0.3) is 16.7 Å². The van der Waals surface area contributed by atoms with Gasteiger partial charge >= 0.3 is 5.82 Å². The van der Waals surface area contributed by atoms with Crippen LogP contribution in [0.15, 0.2) is 64.5 Å². The fraction of sp³-hybridized carbons (Fsp3) is 0.231. The molecule has 2 aliphatic heterocycles. The van der Waals surface area contributed by atoms with E-state index < -0.39 is 0 Å². The van der Waals surface area contributed by atoms with E-state index in [9.17, 15) is 9.59 Å².